The first-order valence-electron chi connectivity index (χ1n) is 6.31. The SMILES string of the molecule is COc1ccc(CCC(=O)Cc2cccnc2)cc1. The van der Waals surface area contributed by atoms with Gasteiger partial charge in [0.2, 0.25) is 0 Å². The van der Waals surface area contributed by atoms with Gasteiger partial charge in [0.25, 0.3) is 0 Å². The second-order valence-corrected chi connectivity index (χ2v) is 4.42. The number of aromatic nitrogens is 1. The van der Waals surface area contributed by atoms with Crippen LogP contribution in [0.4, 0.5) is 0 Å². The lowest BCUT2D eigenvalue weighted by Crippen LogP contribution is -2.04. The number of carbonyl (C=O) groups excluding carboxylic acids is 1. The quantitative estimate of drug-likeness (QED) is 0.796. The van der Waals surface area contributed by atoms with Gasteiger partial charge in [-0.2, -0.15) is 0 Å². The average Bonchev–Trinajstić information content (AvgIpc) is 2.47. The summed E-state index contributed by atoms with van der Waals surface area (Å²) in [5.74, 6) is 1.08. The minimum absolute atomic E-state index is 0.240. The van der Waals surface area contributed by atoms with E-state index >= 15 is 0 Å². The molecule has 0 unspecified atom stereocenters. The topological polar surface area (TPSA) is 39.2 Å². The summed E-state index contributed by atoms with van der Waals surface area (Å²) in [5.41, 5.74) is 2.13. The summed E-state index contributed by atoms with van der Waals surface area (Å²) in [6, 6.07) is 11.6. The molecule has 0 spiro atoms. The van der Waals surface area contributed by atoms with E-state index in [1.54, 1.807) is 19.5 Å². The fourth-order valence-electron chi connectivity index (χ4n) is 1.89. The second-order valence-electron chi connectivity index (χ2n) is 4.42. The summed E-state index contributed by atoms with van der Waals surface area (Å²) in [6.07, 6.45) is 5.24. The molecular formula is C16H17NO2. The molecule has 1 aromatic carbocycles. The number of benzene rings is 1. The molecule has 19 heavy (non-hydrogen) atoms. The van der Waals surface area contributed by atoms with E-state index in [-0.39, 0.29) is 5.78 Å². The highest BCUT2D eigenvalue weighted by atomic mass is 16.5. The van der Waals surface area contributed by atoms with Crippen molar-refractivity contribution in [3.63, 3.8) is 0 Å². The van der Waals surface area contributed by atoms with Crippen LogP contribution in [0, 0.1) is 0 Å². The van der Waals surface area contributed by atoms with E-state index < -0.39 is 0 Å². The third-order valence-electron chi connectivity index (χ3n) is 2.98. The smallest absolute Gasteiger partial charge is 0.137 e. The Morgan fingerprint density at radius 2 is 1.95 bits per heavy atom. The molecule has 3 heteroatoms. The predicted molar refractivity (Wildman–Crippen MR) is 74.3 cm³/mol. The minimum Gasteiger partial charge on any atom is -0.497 e. The molecule has 98 valence electrons. The van der Waals surface area contributed by atoms with Crippen LogP contribution in [0.15, 0.2) is 48.8 Å². The molecule has 2 aromatic rings. The van der Waals surface area contributed by atoms with Crippen LogP contribution in [0.3, 0.4) is 0 Å². The fourth-order valence-corrected chi connectivity index (χ4v) is 1.89. The maximum Gasteiger partial charge on any atom is 0.137 e. The zero-order chi connectivity index (χ0) is 13.5. The molecule has 0 amide bonds. The number of nitrogens with zero attached hydrogens (tertiary/aromatic N) is 1. The van der Waals surface area contributed by atoms with Crippen LogP contribution >= 0.6 is 0 Å². The van der Waals surface area contributed by atoms with E-state index in [1.807, 2.05) is 36.4 Å². The van der Waals surface area contributed by atoms with Crippen molar-refractivity contribution in [1.82, 2.24) is 4.98 Å². The number of hydrogen-bond donors (Lipinski definition) is 0. The largest absolute Gasteiger partial charge is 0.497 e. The number of methoxy groups -OCH3 is 1. The Morgan fingerprint density at radius 1 is 1.16 bits per heavy atom. The van der Waals surface area contributed by atoms with E-state index in [2.05, 4.69) is 4.98 Å². The van der Waals surface area contributed by atoms with Gasteiger partial charge in [-0.15, -0.1) is 0 Å². The van der Waals surface area contributed by atoms with E-state index in [1.165, 1.54) is 0 Å². The van der Waals surface area contributed by atoms with Crippen LogP contribution in [0.5, 0.6) is 5.75 Å². The van der Waals surface area contributed by atoms with Crippen molar-refractivity contribution in [2.45, 2.75) is 19.3 Å². The highest BCUT2D eigenvalue weighted by Gasteiger charge is 2.04. The zero-order valence-corrected chi connectivity index (χ0v) is 11.0. The number of carbonyl (C=O) groups is 1. The van der Waals surface area contributed by atoms with Gasteiger partial charge in [-0.25, -0.2) is 0 Å². The third kappa shape index (κ3) is 4.21. The van der Waals surface area contributed by atoms with E-state index in [4.69, 9.17) is 4.74 Å². The molecule has 3 nitrogen and oxygen atoms in total. The zero-order valence-electron chi connectivity index (χ0n) is 11.0. The number of hydrogen-bond acceptors (Lipinski definition) is 3. The van der Waals surface area contributed by atoms with Crippen molar-refractivity contribution in [2.75, 3.05) is 7.11 Å². The Kier molecular flexibility index (Phi) is 4.67. The van der Waals surface area contributed by atoms with E-state index in [9.17, 15) is 4.79 Å². The molecule has 0 bridgehead atoms. The Bertz CT molecular complexity index is 520. The summed E-state index contributed by atoms with van der Waals surface area (Å²) >= 11 is 0. The standard InChI is InChI=1S/C16H17NO2/c1-19-16-8-5-13(6-9-16)4-7-15(18)11-14-3-2-10-17-12-14/h2-3,5-6,8-10,12H,4,7,11H2,1H3. The molecule has 0 radical (unpaired) electrons. The van der Waals surface area contributed by atoms with Gasteiger partial charge in [-0.1, -0.05) is 18.2 Å². The van der Waals surface area contributed by atoms with Crippen LogP contribution in [-0.4, -0.2) is 17.9 Å². The molecule has 0 atom stereocenters. The molecule has 1 aromatic heterocycles. The summed E-state index contributed by atoms with van der Waals surface area (Å²) < 4.78 is 5.10. The lowest BCUT2D eigenvalue weighted by molar-refractivity contribution is -0.118. The monoisotopic (exact) mass is 255 g/mol. The maximum atomic E-state index is 11.9. The van der Waals surface area contributed by atoms with Gasteiger partial charge in [-0.3, -0.25) is 9.78 Å². The number of pyridine rings is 1. The van der Waals surface area contributed by atoms with Crippen molar-refractivity contribution in [3.8, 4) is 5.75 Å². The van der Waals surface area contributed by atoms with Crippen LogP contribution < -0.4 is 4.74 Å². The second kappa shape index (κ2) is 6.69. The predicted octanol–water partition coefficient (Wildman–Crippen LogP) is 2.83. The van der Waals surface area contributed by atoms with Crippen molar-refractivity contribution >= 4 is 5.78 Å². The van der Waals surface area contributed by atoms with Crippen molar-refractivity contribution in [1.29, 1.82) is 0 Å². The lowest BCUT2D eigenvalue weighted by atomic mass is 10.0. The Balaban J connectivity index is 1.83. The van der Waals surface area contributed by atoms with Gasteiger partial charge in [0.05, 0.1) is 7.11 Å². The Labute approximate surface area is 113 Å². The molecule has 0 saturated heterocycles. The Morgan fingerprint density at radius 3 is 2.58 bits per heavy atom. The lowest BCUT2D eigenvalue weighted by Gasteiger charge is -2.03. The molecular weight excluding hydrogens is 238 g/mol. The van der Waals surface area contributed by atoms with Gasteiger partial charge in [0, 0.05) is 25.2 Å². The first-order valence-corrected chi connectivity index (χ1v) is 6.31. The molecule has 1 heterocycles. The number of rotatable bonds is 6. The number of Topliss-reactive ketones (excluding diaryl/α,β-unsaturated/α-hetero) is 1. The van der Waals surface area contributed by atoms with Gasteiger partial charge < -0.3 is 4.74 Å². The first-order chi connectivity index (χ1) is 9.28. The maximum absolute atomic E-state index is 11.9. The van der Waals surface area contributed by atoms with Gasteiger partial charge in [0.1, 0.15) is 11.5 Å². The summed E-state index contributed by atoms with van der Waals surface area (Å²) in [6.45, 7) is 0. The highest BCUT2D eigenvalue weighted by Crippen LogP contribution is 2.13. The molecule has 0 fully saturated rings. The fraction of sp³-hybridized carbons (Fsp3) is 0.250. The molecule has 2 rings (SSSR count). The number of ether oxygens (including phenoxy) is 1. The molecule has 0 saturated carbocycles. The van der Waals surface area contributed by atoms with Gasteiger partial charge in [-0.05, 0) is 35.7 Å². The number of ketones is 1. The minimum atomic E-state index is 0.240. The van der Waals surface area contributed by atoms with E-state index in [0.717, 1.165) is 23.3 Å². The highest BCUT2D eigenvalue weighted by molar-refractivity contribution is 5.80. The van der Waals surface area contributed by atoms with Crippen molar-refractivity contribution in [3.05, 3.63) is 59.9 Å². The summed E-state index contributed by atoms with van der Waals surface area (Å²) in [4.78, 5) is 15.9. The van der Waals surface area contributed by atoms with Crippen LogP contribution in [0.1, 0.15) is 17.5 Å². The number of aryl methyl sites for hydroxylation is 1. The molecule has 0 aliphatic heterocycles. The summed E-state index contributed by atoms with van der Waals surface area (Å²) in [5, 5.41) is 0. The molecule has 0 N–H and O–H groups in total. The normalized spacial score (nSPS) is 10.2. The first kappa shape index (κ1) is 13.3. The van der Waals surface area contributed by atoms with Gasteiger partial charge >= 0.3 is 0 Å². The molecule has 0 aliphatic carbocycles. The average molecular weight is 255 g/mol. The Hall–Kier alpha value is -2.16. The van der Waals surface area contributed by atoms with E-state index in [0.29, 0.717) is 12.8 Å². The van der Waals surface area contributed by atoms with Crippen LogP contribution in [0.2, 0.25) is 0 Å². The van der Waals surface area contributed by atoms with Crippen LogP contribution in [0.25, 0.3) is 0 Å². The van der Waals surface area contributed by atoms with Crippen LogP contribution in [-0.2, 0) is 17.6 Å². The van der Waals surface area contributed by atoms with Gasteiger partial charge in [0.15, 0.2) is 0 Å². The summed E-state index contributed by atoms with van der Waals surface area (Å²) in [7, 11) is 1.65. The third-order valence-corrected chi connectivity index (χ3v) is 2.98. The molecule has 0 aliphatic rings. The van der Waals surface area contributed by atoms with Crippen molar-refractivity contribution in [2.24, 2.45) is 0 Å². The van der Waals surface area contributed by atoms with Crippen molar-refractivity contribution < 1.29 is 9.53 Å².